The van der Waals surface area contributed by atoms with Gasteiger partial charge in [-0.1, -0.05) is 11.6 Å². The summed E-state index contributed by atoms with van der Waals surface area (Å²) in [4.78, 5) is 11.2. The van der Waals surface area contributed by atoms with Crippen molar-refractivity contribution >= 4 is 11.6 Å². The van der Waals surface area contributed by atoms with Crippen LogP contribution < -0.4 is 10.3 Å². The molecule has 1 aromatic heterocycles. The number of aromatic nitrogens is 2. The molecule has 0 bridgehead atoms. The third kappa shape index (κ3) is 2.44. The number of nitrogens with one attached hydrogen (secondary N) is 1. The molecule has 1 aromatic carbocycles. The van der Waals surface area contributed by atoms with Crippen LogP contribution in [0.25, 0.3) is 0 Å². The summed E-state index contributed by atoms with van der Waals surface area (Å²) in [5, 5.41) is 14.3. The molecule has 0 aliphatic rings. The van der Waals surface area contributed by atoms with Crippen LogP contribution in [-0.2, 0) is 0 Å². The molecule has 0 aliphatic carbocycles. The van der Waals surface area contributed by atoms with Gasteiger partial charge in [0.15, 0.2) is 10.8 Å². The second kappa shape index (κ2) is 4.68. The minimum Gasteiger partial charge on any atom is -0.454 e. The van der Waals surface area contributed by atoms with E-state index in [4.69, 9.17) is 21.6 Å². The second-order valence-corrected chi connectivity index (χ2v) is 3.49. The second-order valence-electron chi connectivity index (χ2n) is 3.12. The Kier molecular flexibility index (Phi) is 3.08. The van der Waals surface area contributed by atoms with E-state index in [1.807, 2.05) is 6.07 Å². The van der Waals surface area contributed by atoms with Crippen molar-refractivity contribution in [2.45, 2.75) is 0 Å². The first-order valence-corrected chi connectivity index (χ1v) is 4.99. The molecule has 84 valence electrons. The van der Waals surface area contributed by atoms with Crippen LogP contribution in [0, 0.1) is 11.3 Å². The number of rotatable bonds is 2. The van der Waals surface area contributed by atoms with Gasteiger partial charge in [-0.15, -0.1) is 0 Å². The van der Waals surface area contributed by atoms with E-state index in [1.54, 1.807) is 24.3 Å². The average Bonchev–Trinajstić information content (AvgIpc) is 2.36. The Hall–Kier alpha value is -2.32. The highest BCUT2D eigenvalue weighted by molar-refractivity contribution is 6.31. The number of ether oxygens (including phenoxy) is 1. The quantitative estimate of drug-likeness (QED) is 0.881. The number of aromatic amines is 1. The largest absolute Gasteiger partial charge is 0.454 e. The molecule has 0 saturated heterocycles. The van der Waals surface area contributed by atoms with Crippen molar-refractivity contribution in [3.8, 4) is 17.6 Å². The molecule has 0 amide bonds. The predicted octanol–water partition coefficient (Wildman–Crippen LogP) is 2.09. The molecule has 1 heterocycles. The molecule has 2 rings (SSSR count). The summed E-state index contributed by atoms with van der Waals surface area (Å²) < 4.78 is 5.37. The van der Waals surface area contributed by atoms with Gasteiger partial charge < -0.3 is 4.74 Å². The Labute approximate surface area is 101 Å². The lowest BCUT2D eigenvalue weighted by atomic mass is 10.2. The number of nitrogens with zero attached hydrogens (tertiary/aromatic N) is 2. The summed E-state index contributed by atoms with van der Waals surface area (Å²) >= 11 is 5.74. The Morgan fingerprint density at radius 3 is 2.71 bits per heavy atom. The molecule has 0 saturated carbocycles. The third-order valence-electron chi connectivity index (χ3n) is 1.97. The molecule has 0 spiro atoms. The first-order valence-electron chi connectivity index (χ1n) is 4.62. The average molecular weight is 248 g/mol. The van der Waals surface area contributed by atoms with Crippen molar-refractivity contribution in [3.05, 3.63) is 51.4 Å². The van der Waals surface area contributed by atoms with Gasteiger partial charge in [-0.2, -0.15) is 10.4 Å². The molecular formula is C11H6ClN3O2. The summed E-state index contributed by atoms with van der Waals surface area (Å²) in [5.74, 6) is 0.637. The minimum atomic E-state index is -0.516. The number of H-pyrrole nitrogens is 1. The number of hydrogen-bond donors (Lipinski definition) is 1. The van der Waals surface area contributed by atoms with Crippen LogP contribution in [0.3, 0.4) is 0 Å². The molecule has 1 N–H and O–H groups in total. The van der Waals surface area contributed by atoms with Crippen molar-refractivity contribution in [1.82, 2.24) is 10.2 Å². The zero-order chi connectivity index (χ0) is 12.3. The SMILES string of the molecule is N#Cc1ccc(Oc2cn[nH]c(=O)c2Cl)cc1. The fourth-order valence-corrected chi connectivity index (χ4v) is 1.29. The van der Waals surface area contributed by atoms with Gasteiger partial charge in [-0.3, -0.25) is 4.79 Å². The van der Waals surface area contributed by atoms with E-state index >= 15 is 0 Å². The number of benzene rings is 1. The lowest BCUT2D eigenvalue weighted by Crippen LogP contribution is -2.08. The highest BCUT2D eigenvalue weighted by Crippen LogP contribution is 2.25. The van der Waals surface area contributed by atoms with E-state index < -0.39 is 5.56 Å². The summed E-state index contributed by atoms with van der Waals surface area (Å²) in [7, 11) is 0. The molecule has 0 radical (unpaired) electrons. The fourth-order valence-electron chi connectivity index (χ4n) is 1.16. The van der Waals surface area contributed by atoms with Gasteiger partial charge in [0.2, 0.25) is 0 Å². The lowest BCUT2D eigenvalue weighted by Gasteiger charge is -2.05. The van der Waals surface area contributed by atoms with E-state index in [-0.39, 0.29) is 10.8 Å². The normalized spacial score (nSPS) is 9.65. The lowest BCUT2D eigenvalue weighted by molar-refractivity contribution is 0.477. The van der Waals surface area contributed by atoms with E-state index in [1.165, 1.54) is 6.20 Å². The maximum Gasteiger partial charge on any atom is 0.286 e. The van der Waals surface area contributed by atoms with Crippen molar-refractivity contribution in [2.24, 2.45) is 0 Å². The van der Waals surface area contributed by atoms with Crippen LogP contribution in [-0.4, -0.2) is 10.2 Å². The third-order valence-corrected chi connectivity index (χ3v) is 2.33. The minimum absolute atomic E-state index is 0.0654. The van der Waals surface area contributed by atoms with Gasteiger partial charge >= 0.3 is 0 Å². The molecular weight excluding hydrogens is 242 g/mol. The summed E-state index contributed by atoms with van der Waals surface area (Å²) in [6.07, 6.45) is 1.31. The zero-order valence-electron chi connectivity index (χ0n) is 8.48. The van der Waals surface area contributed by atoms with Crippen LogP contribution in [0.5, 0.6) is 11.5 Å². The van der Waals surface area contributed by atoms with Crippen LogP contribution in [0.2, 0.25) is 5.02 Å². The van der Waals surface area contributed by atoms with E-state index in [2.05, 4.69) is 10.2 Å². The predicted molar refractivity (Wildman–Crippen MR) is 61.1 cm³/mol. The Morgan fingerprint density at radius 1 is 1.35 bits per heavy atom. The van der Waals surface area contributed by atoms with Crippen molar-refractivity contribution in [2.75, 3.05) is 0 Å². The van der Waals surface area contributed by atoms with Gasteiger partial charge in [0, 0.05) is 0 Å². The van der Waals surface area contributed by atoms with Crippen LogP contribution in [0.4, 0.5) is 0 Å². The molecule has 0 unspecified atom stereocenters. The molecule has 2 aromatic rings. The van der Waals surface area contributed by atoms with E-state index in [9.17, 15) is 4.79 Å². The summed E-state index contributed by atoms with van der Waals surface area (Å²) in [6, 6.07) is 8.41. The van der Waals surface area contributed by atoms with Gasteiger partial charge in [0.05, 0.1) is 17.8 Å². The fraction of sp³-hybridized carbons (Fsp3) is 0. The Morgan fingerprint density at radius 2 is 2.06 bits per heavy atom. The highest BCUT2D eigenvalue weighted by atomic mass is 35.5. The summed E-state index contributed by atoms with van der Waals surface area (Å²) in [5.41, 5.74) is 0.00490. The molecule has 0 atom stereocenters. The maximum absolute atomic E-state index is 11.2. The Bertz CT molecular complexity index is 628. The molecule has 5 nitrogen and oxygen atoms in total. The molecule has 6 heteroatoms. The van der Waals surface area contributed by atoms with Crippen molar-refractivity contribution in [3.63, 3.8) is 0 Å². The van der Waals surface area contributed by atoms with Gasteiger partial charge in [0.1, 0.15) is 5.75 Å². The van der Waals surface area contributed by atoms with E-state index in [0.717, 1.165) is 0 Å². The molecule has 0 fully saturated rings. The standard InChI is InChI=1S/C11H6ClN3O2/c12-10-9(6-14-15-11(10)16)17-8-3-1-7(5-13)2-4-8/h1-4,6H,(H,15,16). The first kappa shape index (κ1) is 11.2. The van der Waals surface area contributed by atoms with Gasteiger partial charge in [-0.05, 0) is 24.3 Å². The smallest absolute Gasteiger partial charge is 0.286 e. The van der Waals surface area contributed by atoms with Gasteiger partial charge in [-0.25, -0.2) is 5.10 Å². The zero-order valence-corrected chi connectivity index (χ0v) is 9.23. The van der Waals surface area contributed by atoms with Crippen LogP contribution in [0.1, 0.15) is 5.56 Å². The number of halogens is 1. The number of hydrogen-bond acceptors (Lipinski definition) is 4. The summed E-state index contributed by atoms with van der Waals surface area (Å²) in [6.45, 7) is 0. The first-order chi connectivity index (χ1) is 8.20. The van der Waals surface area contributed by atoms with Crippen LogP contribution in [0.15, 0.2) is 35.3 Å². The van der Waals surface area contributed by atoms with Crippen LogP contribution >= 0.6 is 11.6 Å². The van der Waals surface area contributed by atoms with Crippen molar-refractivity contribution < 1.29 is 4.74 Å². The maximum atomic E-state index is 11.2. The van der Waals surface area contributed by atoms with E-state index in [0.29, 0.717) is 11.3 Å². The topological polar surface area (TPSA) is 78.8 Å². The van der Waals surface area contributed by atoms with Crippen molar-refractivity contribution in [1.29, 1.82) is 5.26 Å². The van der Waals surface area contributed by atoms with Gasteiger partial charge in [0.25, 0.3) is 5.56 Å². The number of nitriles is 1. The Balaban J connectivity index is 2.29. The highest BCUT2D eigenvalue weighted by Gasteiger charge is 2.07. The molecule has 0 aliphatic heterocycles. The molecule has 17 heavy (non-hydrogen) atoms. The monoisotopic (exact) mass is 247 g/mol.